The van der Waals surface area contributed by atoms with Crippen LogP contribution in [0.5, 0.6) is 0 Å². The number of halogens is 1. The van der Waals surface area contributed by atoms with Crippen molar-refractivity contribution in [3.63, 3.8) is 0 Å². The van der Waals surface area contributed by atoms with Crippen LogP contribution >= 0.6 is 11.6 Å². The van der Waals surface area contributed by atoms with Gasteiger partial charge in [-0.2, -0.15) is 10.4 Å². The molecule has 3 aromatic rings. The van der Waals surface area contributed by atoms with Gasteiger partial charge in [-0.1, -0.05) is 35.9 Å². The molecule has 20 heavy (non-hydrogen) atoms. The van der Waals surface area contributed by atoms with Crippen molar-refractivity contribution in [2.24, 2.45) is 0 Å². The standard InChI is InChI=1S/C16H10ClN3/c17-14-7-5-13(6-8-14)16-9-15(19-20-16)12-3-1-11(10-18)2-4-12/h1-9H,(H,19,20). The zero-order valence-electron chi connectivity index (χ0n) is 10.5. The summed E-state index contributed by atoms with van der Waals surface area (Å²) < 4.78 is 0. The molecule has 4 heteroatoms. The molecule has 0 bridgehead atoms. The van der Waals surface area contributed by atoms with E-state index in [1.807, 2.05) is 42.5 Å². The van der Waals surface area contributed by atoms with Crippen LogP contribution in [0, 0.1) is 11.3 Å². The summed E-state index contributed by atoms with van der Waals surface area (Å²) in [7, 11) is 0. The number of hydrogen-bond acceptors (Lipinski definition) is 2. The summed E-state index contributed by atoms with van der Waals surface area (Å²) in [6.45, 7) is 0. The second-order valence-electron chi connectivity index (χ2n) is 4.36. The van der Waals surface area contributed by atoms with Crippen LogP contribution in [0.25, 0.3) is 22.5 Å². The van der Waals surface area contributed by atoms with Gasteiger partial charge in [0.1, 0.15) is 0 Å². The highest BCUT2D eigenvalue weighted by molar-refractivity contribution is 6.30. The largest absolute Gasteiger partial charge is 0.277 e. The highest BCUT2D eigenvalue weighted by atomic mass is 35.5. The molecule has 96 valence electrons. The van der Waals surface area contributed by atoms with E-state index in [1.165, 1.54) is 0 Å². The van der Waals surface area contributed by atoms with E-state index in [1.54, 1.807) is 12.1 Å². The normalized spacial score (nSPS) is 10.2. The molecule has 0 aliphatic carbocycles. The number of benzene rings is 2. The molecular formula is C16H10ClN3. The molecule has 1 aromatic heterocycles. The lowest BCUT2D eigenvalue weighted by molar-refractivity contribution is 1.10. The van der Waals surface area contributed by atoms with Crippen molar-refractivity contribution in [2.45, 2.75) is 0 Å². The van der Waals surface area contributed by atoms with Gasteiger partial charge in [-0.3, -0.25) is 5.10 Å². The summed E-state index contributed by atoms with van der Waals surface area (Å²) in [5.74, 6) is 0. The smallest absolute Gasteiger partial charge is 0.0991 e. The van der Waals surface area contributed by atoms with Gasteiger partial charge in [0.25, 0.3) is 0 Å². The first-order valence-corrected chi connectivity index (χ1v) is 6.46. The first kappa shape index (κ1) is 12.5. The number of aromatic amines is 1. The molecular weight excluding hydrogens is 270 g/mol. The molecule has 0 saturated heterocycles. The number of aromatic nitrogens is 2. The second-order valence-corrected chi connectivity index (χ2v) is 4.80. The minimum atomic E-state index is 0.641. The van der Waals surface area contributed by atoms with Crippen LogP contribution in [0.3, 0.4) is 0 Å². The summed E-state index contributed by atoms with van der Waals surface area (Å²) in [6, 6.07) is 19.0. The quantitative estimate of drug-likeness (QED) is 0.761. The van der Waals surface area contributed by atoms with Gasteiger partial charge in [0.15, 0.2) is 0 Å². The third kappa shape index (κ3) is 2.42. The van der Waals surface area contributed by atoms with Crippen LogP contribution < -0.4 is 0 Å². The van der Waals surface area contributed by atoms with Gasteiger partial charge in [0, 0.05) is 10.6 Å². The first-order chi connectivity index (χ1) is 9.76. The zero-order valence-corrected chi connectivity index (χ0v) is 11.2. The van der Waals surface area contributed by atoms with Crippen molar-refractivity contribution in [2.75, 3.05) is 0 Å². The molecule has 1 heterocycles. The molecule has 1 N–H and O–H groups in total. The molecule has 0 atom stereocenters. The number of hydrogen-bond donors (Lipinski definition) is 1. The molecule has 3 rings (SSSR count). The Balaban J connectivity index is 1.93. The number of rotatable bonds is 2. The molecule has 0 aliphatic heterocycles. The fourth-order valence-electron chi connectivity index (χ4n) is 1.96. The minimum absolute atomic E-state index is 0.641. The molecule has 0 fully saturated rings. The monoisotopic (exact) mass is 279 g/mol. The number of nitriles is 1. The Morgan fingerprint density at radius 1 is 0.950 bits per heavy atom. The van der Waals surface area contributed by atoms with Gasteiger partial charge in [-0.15, -0.1) is 0 Å². The molecule has 0 spiro atoms. The Bertz CT molecular complexity index is 765. The van der Waals surface area contributed by atoms with E-state index in [0.717, 1.165) is 22.5 Å². The van der Waals surface area contributed by atoms with Crippen molar-refractivity contribution in [3.05, 3.63) is 65.2 Å². The average Bonchev–Trinajstić information content (AvgIpc) is 2.98. The lowest BCUT2D eigenvalue weighted by atomic mass is 10.1. The van der Waals surface area contributed by atoms with Gasteiger partial charge >= 0.3 is 0 Å². The summed E-state index contributed by atoms with van der Waals surface area (Å²) >= 11 is 5.88. The summed E-state index contributed by atoms with van der Waals surface area (Å²) in [5, 5.41) is 16.8. The van der Waals surface area contributed by atoms with E-state index >= 15 is 0 Å². The van der Waals surface area contributed by atoms with E-state index < -0.39 is 0 Å². The van der Waals surface area contributed by atoms with Crippen LogP contribution in [0.2, 0.25) is 5.02 Å². The van der Waals surface area contributed by atoms with Crippen LogP contribution in [0.4, 0.5) is 0 Å². The van der Waals surface area contributed by atoms with Crippen molar-refractivity contribution in [1.82, 2.24) is 10.2 Å². The van der Waals surface area contributed by atoms with E-state index in [4.69, 9.17) is 16.9 Å². The minimum Gasteiger partial charge on any atom is -0.277 e. The summed E-state index contributed by atoms with van der Waals surface area (Å²) in [6.07, 6.45) is 0. The molecule has 0 aliphatic rings. The van der Waals surface area contributed by atoms with Gasteiger partial charge in [0.05, 0.1) is 23.0 Å². The van der Waals surface area contributed by atoms with Crippen LogP contribution in [-0.4, -0.2) is 10.2 Å². The van der Waals surface area contributed by atoms with Crippen molar-refractivity contribution < 1.29 is 0 Å². The lowest BCUT2D eigenvalue weighted by Gasteiger charge is -1.96. The van der Waals surface area contributed by atoms with E-state index in [2.05, 4.69) is 16.3 Å². The second kappa shape index (κ2) is 5.20. The predicted molar refractivity (Wildman–Crippen MR) is 79.2 cm³/mol. The molecule has 0 radical (unpaired) electrons. The molecule has 0 amide bonds. The summed E-state index contributed by atoms with van der Waals surface area (Å²) in [4.78, 5) is 0. The Kier molecular flexibility index (Phi) is 3.24. The summed E-state index contributed by atoms with van der Waals surface area (Å²) in [5.41, 5.74) is 4.42. The van der Waals surface area contributed by atoms with E-state index in [0.29, 0.717) is 10.6 Å². The molecule has 3 nitrogen and oxygen atoms in total. The maximum absolute atomic E-state index is 8.79. The van der Waals surface area contributed by atoms with E-state index in [9.17, 15) is 0 Å². The predicted octanol–water partition coefficient (Wildman–Crippen LogP) is 4.27. The van der Waals surface area contributed by atoms with Crippen molar-refractivity contribution in [3.8, 4) is 28.6 Å². The zero-order chi connectivity index (χ0) is 13.9. The van der Waals surface area contributed by atoms with Gasteiger partial charge < -0.3 is 0 Å². The Morgan fingerprint density at radius 2 is 1.60 bits per heavy atom. The maximum atomic E-state index is 8.79. The van der Waals surface area contributed by atoms with Crippen LogP contribution in [0.1, 0.15) is 5.56 Å². The van der Waals surface area contributed by atoms with Gasteiger partial charge in [-0.05, 0) is 35.9 Å². The fraction of sp³-hybridized carbons (Fsp3) is 0. The van der Waals surface area contributed by atoms with Gasteiger partial charge in [0.2, 0.25) is 0 Å². The Labute approximate surface area is 121 Å². The van der Waals surface area contributed by atoms with Crippen molar-refractivity contribution >= 4 is 11.6 Å². The topological polar surface area (TPSA) is 52.5 Å². The van der Waals surface area contributed by atoms with Crippen molar-refractivity contribution in [1.29, 1.82) is 5.26 Å². The van der Waals surface area contributed by atoms with Gasteiger partial charge in [-0.25, -0.2) is 0 Å². The third-order valence-electron chi connectivity index (χ3n) is 3.04. The number of nitrogens with zero attached hydrogens (tertiary/aromatic N) is 2. The van der Waals surface area contributed by atoms with Crippen LogP contribution in [0.15, 0.2) is 54.6 Å². The molecule has 2 aromatic carbocycles. The molecule has 0 unspecified atom stereocenters. The highest BCUT2D eigenvalue weighted by Crippen LogP contribution is 2.24. The fourth-order valence-corrected chi connectivity index (χ4v) is 2.09. The maximum Gasteiger partial charge on any atom is 0.0991 e. The van der Waals surface area contributed by atoms with Crippen LogP contribution in [-0.2, 0) is 0 Å². The highest BCUT2D eigenvalue weighted by Gasteiger charge is 2.06. The molecule has 0 saturated carbocycles. The first-order valence-electron chi connectivity index (χ1n) is 6.08. The SMILES string of the molecule is N#Cc1ccc(-c2cc(-c3ccc(Cl)cc3)[nH]n2)cc1. The number of nitrogens with one attached hydrogen (secondary N) is 1. The van der Waals surface area contributed by atoms with E-state index in [-0.39, 0.29) is 0 Å². The Morgan fingerprint density at radius 3 is 2.25 bits per heavy atom. The Hall–Kier alpha value is -2.57. The third-order valence-corrected chi connectivity index (χ3v) is 3.29. The number of H-pyrrole nitrogens is 1. The lowest BCUT2D eigenvalue weighted by Crippen LogP contribution is -1.78. The average molecular weight is 280 g/mol.